The van der Waals surface area contributed by atoms with E-state index in [1.165, 1.54) is 25.4 Å². The molecule has 168 valence electrons. The van der Waals surface area contributed by atoms with E-state index in [0.29, 0.717) is 39.5 Å². The highest BCUT2D eigenvalue weighted by Crippen LogP contribution is 2.37. The first-order valence-electron chi connectivity index (χ1n) is 10.2. The Morgan fingerprint density at radius 3 is 2.81 bits per heavy atom. The average Bonchev–Trinajstić information content (AvgIpc) is 3.34. The molecule has 1 aliphatic rings. The second kappa shape index (κ2) is 8.70. The molecule has 2 N–H and O–H groups in total. The number of hydrogen-bond donors (Lipinski definition) is 2. The Bertz CT molecular complexity index is 1200. The van der Waals surface area contributed by atoms with Crippen LogP contribution < -0.4 is 10.1 Å². The number of ether oxygens (including phenoxy) is 1. The zero-order chi connectivity index (χ0) is 23.0. The Kier molecular flexibility index (Phi) is 5.96. The summed E-state index contributed by atoms with van der Waals surface area (Å²) in [5, 5.41) is 13.2. The van der Waals surface area contributed by atoms with Gasteiger partial charge in [-0.3, -0.25) is 4.79 Å². The molecule has 0 saturated heterocycles. The number of carboxylic acid groups (broad SMARTS) is 1. The maximum Gasteiger partial charge on any atom is 0.346 e. The molecule has 1 fully saturated rings. The summed E-state index contributed by atoms with van der Waals surface area (Å²) in [5.74, 6) is -0.696. The lowest BCUT2D eigenvalue weighted by Crippen LogP contribution is -2.34. The van der Waals surface area contributed by atoms with Crippen LogP contribution in [0.4, 0.5) is 15.9 Å². The fraction of sp³-hybridized carbons (Fsp3) is 0.364. The third kappa shape index (κ3) is 4.22. The molecule has 1 aromatic carbocycles. The van der Waals surface area contributed by atoms with E-state index in [2.05, 4.69) is 15.3 Å². The van der Waals surface area contributed by atoms with Gasteiger partial charge in [0.2, 0.25) is 5.91 Å². The third-order valence-corrected chi connectivity index (χ3v) is 7.00. The summed E-state index contributed by atoms with van der Waals surface area (Å²) < 4.78 is 20.2. The molecule has 8 nitrogen and oxygen atoms in total. The maximum absolute atomic E-state index is 14.0. The summed E-state index contributed by atoms with van der Waals surface area (Å²) in [6.45, 7) is 3.25. The minimum atomic E-state index is -1.02. The van der Waals surface area contributed by atoms with Crippen molar-refractivity contribution in [1.82, 2.24) is 14.9 Å². The Hall–Kier alpha value is -3.27. The molecule has 3 aromatic rings. The number of aryl methyl sites for hydroxylation is 1. The number of aromatic nitrogens is 2. The molecule has 4 rings (SSSR count). The lowest BCUT2D eigenvalue weighted by Gasteiger charge is -2.23. The van der Waals surface area contributed by atoms with E-state index >= 15 is 0 Å². The predicted octanol–water partition coefficient (Wildman–Crippen LogP) is 4.36. The number of hydrogen-bond acceptors (Lipinski definition) is 7. The second-order valence-corrected chi connectivity index (χ2v) is 8.86. The molecular formula is C22H23FN4O4S. The van der Waals surface area contributed by atoms with Gasteiger partial charge in [0.1, 0.15) is 39.5 Å². The van der Waals surface area contributed by atoms with Crippen LogP contribution in [0.5, 0.6) is 5.75 Å². The average molecular weight is 459 g/mol. The fourth-order valence-electron chi connectivity index (χ4n) is 4.01. The van der Waals surface area contributed by atoms with Crippen molar-refractivity contribution in [1.29, 1.82) is 0 Å². The van der Waals surface area contributed by atoms with Crippen molar-refractivity contribution < 1.29 is 23.8 Å². The number of halogens is 1. The van der Waals surface area contributed by atoms with Gasteiger partial charge in [-0.25, -0.2) is 19.2 Å². The number of nitrogens with zero attached hydrogens (tertiary/aromatic N) is 3. The summed E-state index contributed by atoms with van der Waals surface area (Å²) >= 11 is 1.08. The maximum atomic E-state index is 14.0. The standard InChI is InChI=1S/C22H23FN4O4S/c1-11-18-20(24-10-25-21(18)32-19(11)22(29)30)26-16-7-4-13(23)8-17(16)31-15-6-5-14(9-15)27(3)12(2)28/h4,7-8,10,14-15H,5-6,9H2,1-3H3,(H,29,30)(H,24,25,26)/t14-,15-/m0/s1. The van der Waals surface area contributed by atoms with Crippen molar-refractivity contribution >= 4 is 44.9 Å². The molecule has 0 bridgehead atoms. The van der Waals surface area contributed by atoms with E-state index in [9.17, 15) is 19.1 Å². The van der Waals surface area contributed by atoms with Gasteiger partial charge in [-0.15, -0.1) is 11.3 Å². The van der Waals surface area contributed by atoms with Crippen molar-refractivity contribution in [2.45, 2.75) is 45.3 Å². The highest BCUT2D eigenvalue weighted by atomic mass is 32.1. The molecule has 0 aliphatic heterocycles. The van der Waals surface area contributed by atoms with Gasteiger partial charge >= 0.3 is 5.97 Å². The zero-order valence-electron chi connectivity index (χ0n) is 17.9. The van der Waals surface area contributed by atoms with Gasteiger partial charge < -0.3 is 20.1 Å². The number of rotatable bonds is 6. The molecule has 0 unspecified atom stereocenters. The largest absolute Gasteiger partial charge is 0.488 e. The van der Waals surface area contributed by atoms with Crippen molar-refractivity contribution in [3.63, 3.8) is 0 Å². The van der Waals surface area contributed by atoms with Crippen LogP contribution in [0.1, 0.15) is 41.4 Å². The van der Waals surface area contributed by atoms with Crippen molar-refractivity contribution in [3.05, 3.63) is 40.8 Å². The van der Waals surface area contributed by atoms with Gasteiger partial charge in [-0.2, -0.15) is 0 Å². The van der Waals surface area contributed by atoms with E-state index in [-0.39, 0.29) is 22.9 Å². The molecule has 0 spiro atoms. The van der Waals surface area contributed by atoms with Crippen LogP contribution in [0.25, 0.3) is 10.2 Å². The molecule has 2 heterocycles. The van der Waals surface area contributed by atoms with Crippen LogP contribution in [0.15, 0.2) is 24.5 Å². The Morgan fingerprint density at radius 2 is 2.09 bits per heavy atom. The zero-order valence-corrected chi connectivity index (χ0v) is 18.7. The number of carboxylic acids is 1. The van der Waals surface area contributed by atoms with Crippen molar-refractivity contribution in [2.75, 3.05) is 12.4 Å². The van der Waals surface area contributed by atoms with Crippen LogP contribution in [-0.2, 0) is 4.79 Å². The van der Waals surface area contributed by atoms with Gasteiger partial charge in [0.25, 0.3) is 0 Å². The van der Waals surface area contributed by atoms with Crippen LogP contribution in [0, 0.1) is 12.7 Å². The van der Waals surface area contributed by atoms with E-state index in [0.717, 1.165) is 24.2 Å². The quantitative estimate of drug-likeness (QED) is 0.565. The molecule has 32 heavy (non-hydrogen) atoms. The molecule has 0 radical (unpaired) electrons. The third-order valence-electron chi connectivity index (χ3n) is 5.81. The minimum absolute atomic E-state index is 0.00315. The first-order valence-corrected chi connectivity index (χ1v) is 11.0. The fourth-order valence-corrected chi connectivity index (χ4v) is 5.00. The SMILES string of the molecule is CC(=O)N(C)[C@H]1CC[C@H](Oc2cc(F)ccc2Nc2ncnc3sc(C(=O)O)c(C)c23)C1. The number of nitrogens with one attached hydrogen (secondary N) is 1. The second-order valence-electron chi connectivity index (χ2n) is 7.87. The molecule has 1 aliphatic carbocycles. The molecule has 1 amide bonds. The highest BCUT2D eigenvalue weighted by molar-refractivity contribution is 7.20. The molecule has 10 heteroatoms. The van der Waals surface area contributed by atoms with Crippen LogP contribution in [0.3, 0.4) is 0 Å². The summed E-state index contributed by atoms with van der Waals surface area (Å²) in [5.41, 5.74) is 1.08. The summed E-state index contributed by atoms with van der Waals surface area (Å²) in [6.07, 6.45) is 3.43. The molecular weight excluding hydrogens is 435 g/mol. The molecule has 2 aromatic heterocycles. The first-order chi connectivity index (χ1) is 15.2. The number of anilines is 2. The van der Waals surface area contributed by atoms with E-state index < -0.39 is 11.8 Å². The lowest BCUT2D eigenvalue weighted by molar-refractivity contribution is -0.129. The van der Waals surface area contributed by atoms with E-state index in [1.54, 1.807) is 24.9 Å². The summed E-state index contributed by atoms with van der Waals surface area (Å²) in [6, 6.07) is 4.28. The van der Waals surface area contributed by atoms with Crippen LogP contribution in [-0.4, -0.2) is 51.0 Å². The predicted molar refractivity (Wildman–Crippen MR) is 119 cm³/mol. The van der Waals surface area contributed by atoms with Gasteiger partial charge in [-0.05, 0) is 37.5 Å². The lowest BCUT2D eigenvalue weighted by atomic mass is 10.2. The Balaban J connectivity index is 1.61. The topological polar surface area (TPSA) is 105 Å². The number of carbonyl (C=O) groups excluding carboxylic acids is 1. The summed E-state index contributed by atoms with van der Waals surface area (Å²) in [7, 11) is 1.78. The normalized spacial score (nSPS) is 18.0. The number of benzene rings is 1. The molecule has 2 atom stereocenters. The van der Waals surface area contributed by atoms with Gasteiger partial charge in [0.15, 0.2) is 0 Å². The van der Waals surface area contributed by atoms with E-state index in [4.69, 9.17) is 4.74 Å². The minimum Gasteiger partial charge on any atom is -0.488 e. The van der Waals surface area contributed by atoms with E-state index in [1.807, 2.05) is 0 Å². The number of carbonyl (C=O) groups is 2. The summed E-state index contributed by atoms with van der Waals surface area (Å²) in [4.78, 5) is 34.1. The van der Waals surface area contributed by atoms with Gasteiger partial charge in [0, 0.05) is 32.5 Å². The van der Waals surface area contributed by atoms with Crippen LogP contribution in [0.2, 0.25) is 0 Å². The number of thiophene rings is 1. The monoisotopic (exact) mass is 458 g/mol. The molecule has 1 saturated carbocycles. The number of amides is 1. The van der Waals surface area contributed by atoms with Crippen LogP contribution >= 0.6 is 11.3 Å². The smallest absolute Gasteiger partial charge is 0.346 e. The first kappa shape index (κ1) is 21.9. The number of aromatic carboxylic acids is 1. The van der Waals surface area contributed by atoms with Crippen molar-refractivity contribution in [3.8, 4) is 5.75 Å². The van der Waals surface area contributed by atoms with Crippen molar-refractivity contribution in [2.24, 2.45) is 0 Å². The Labute approximate surface area is 188 Å². The van der Waals surface area contributed by atoms with Gasteiger partial charge in [-0.1, -0.05) is 0 Å². The number of fused-ring (bicyclic) bond motifs is 1. The Morgan fingerprint density at radius 1 is 1.31 bits per heavy atom. The highest BCUT2D eigenvalue weighted by Gasteiger charge is 2.30. The van der Waals surface area contributed by atoms with Gasteiger partial charge in [0.05, 0.1) is 11.1 Å².